The molecule has 0 saturated carbocycles. The van der Waals surface area contributed by atoms with E-state index in [0.717, 1.165) is 24.3 Å². The average molecular weight is 214 g/mol. The molecule has 0 aliphatic carbocycles. The number of hydrogen-bond donors (Lipinski definition) is 0. The quantitative estimate of drug-likeness (QED) is 0.703. The van der Waals surface area contributed by atoms with Crippen molar-refractivity contribution in [3.63, 3.8) is 0 Å². The molecule has 0 spiro atoms. The Morgan fingerprint density at radius 2 is 2.14 bits per heavy atom. The van der Waals surface area contributed by atoms with E-state index in [1.54, 1.807) is 0 Å². The summed E-state index contributed by atoms with van der Waals surface area (Å²) in [5.41, 5.74) is 2.16. The molecule has 0 aliphatic rings. The van der Waals surface area contributed by atoms with Gasteiger partial charge in [0.2, 0.25) is 0 Å². The van der Waals surface area contributed by atoms with Gasteiger partial charge >= 0.3 is 0 Å². The predicted molar refractivity (Wildman–Crippen MR) is 59.4 cm³/mol. The Morgan fingerprint density at radius 1 is 1.43 bits per heavy atom. The van der Waals surface area contributed by atoms with Crippen LogP contribution in [0.15, 0.2) is 18.2 Å². The number of rotatable bonds is 4. The summed E-state index contributed by atoms with van der Waals surface area (Å²) in [5, 5.41) is 0.674. The highest BCUT2D eigenvalue weighted by atomic mass is 35.5. The molecule has 14 heavy (non-hydrogen) atoms. The lowest BCUT2D eigenvalue weighted by atomic mass is 9.94. The van der Waals surface area contributed by atoms with E-state index in [4.69, 9.17) is 11.6 Å². The molecule has 0 heterocycles. The first-order chi connectivity index (χ1) is 6.69. The molecular formula is C12H15ClF. The molecule has 2 heteroatoms. The molecule has 0 unspecified atom stereocenters. The lowest BCUT2D eigenvalue weighted by Crippen LogP contribution is -2.02. The van der Waals surface area contributed by atoms with Gasteiger partial charge in [-0.2, -0.15) is 0 Å². The van der Waals surface area contributed by atoms with E-state index in [2.05, 4.69) is 6.92 Å². The van der Waals surface area contributed by atoms with Gasteiger partial charge in [0.1, 0.15) is 0 Å². The molecular weight excluding hydrogens is 199 g/mol. The fourth-order valence-corrected chi connectivity index (χ4v) is 1.68. The normalized spacial score (nSPS) is 10.9. The fraction of sp³-hybridized carbons (Fsp3) is 0.417. The molecule has 0 nitrogen and oxygen atoms in total. The van der Waals surface area contributed by atoms with Crippen molar-refractivity contribution < 1.29 is 4.39 Å². The van der Waals surface area contributed by atoms with Gasteiger partial charge in [-0.05, 0) is 29.7 Å². The van der Waals surface area contributed by atoms with Crippen molar-refractivity contribution >= 4 is 11.6 Å². The van der Waals surface area contributed by atoms with Crippen molar-refractivity contribution in [2.75, 3.05) is 6.67 Å². The summed E-state index contributed by atoms with van der Waals surface area (Å²) in [4.78, 5) is 0. The van der Waals surface area contributed by atoms with Crippen LogP contribution in [0.5, 0.6) is 0 Å². The van der Waals surface area contributed by atoms with Crippen LogP contribution in [0.3, 0.4) is 0 Å². The molecule has 0 saturated heterocycles. The van der Waals surface area contributed by atoms with Crippen LogP contribution >= 0.6 is 11.6 Å². The maximum absolute atomic E-state index is 12.5. The molecule has 1 aromatic rings. The van der Waals surface area contributed by atoms with Crippen molar-refractivity contribution in [2.24, 2.45) is 0 Å². The fourth-order valence-electron chi connectivity index (χ4n) is 1.51. The van der Waals surface area contributed by atoms with E-state index in [-0.39, 0.29) is 0 Å². The third kappa shape index (κ3) is 2.71. The lowest BCUT2D eigenvalue weighted by Gasteiger charge is -2.13. The zero-order chi connectivity index (χ0) is 10.6. The van der Waals surface area contributed by atoms with Gasteiger partial charge in [-0.15, -0.1) is 0 Å². The zero-order valence-electron chi connectivity index (χ0n) is 8.61. The van der Waals surface area contributed by atoms with Crippen LogP contribution < -0.4 is 0 Å². The zero-order valence-corrected chi connectivity index (χ0v) is 9.37. The maximum atomic E-state index is 12.5. The molecule has 77 valence electrons. The van der Waals surface area contributed by atoms with Crippen LogP contribution in [0.4, 0.5) is 4.39 Å². The van der Waals surface area contributed by atoms with E-state index < -0.39 is 6.67 Å². The second kappa shape index (κ2) is 5.35. The minimum absolute atomic E-state index is 0.406. The van der Waals surface area contributed by atoms with E-state index in [9.17, 15) is 4.39 Å². The number of alkyl halides is 1. The van der Waals surface area contributed by atoms with Crippen LogP contribution in [0.25, 0.3) is 0 Å². The van der Waals surface area contributed by atoms with Crippen molar-refractivity contribution in [2.45, 2.75) is 26.7 Å². The van der Waals surface area contributed by atoms with Crippen LogP contribution in [-0.4, -0.2) is 6.67 Å². The Bertz CT molecular complexity index is 296. The minimum Gasteiger partial charge on any atom is -0.250 e. The summed E-state index contributed by atoms with van der Waals surface area (Å²) >= 11 is 5.88. The van der Waals surface area contributed by atoms with Gasteiger partial charge in [0.05, 0.1) is 6.67 Å². The summed E-state index contributed by atoms with van der Waals surface area (Å²) in [6.45, 7) is 3.52. The second-order valence-corrected chi connectivity index (χ2v) is 3.90. The third-order valence-corrected chi connectivity index (χ3v) is 2.49. The van der Waals surface area contributed by atoms with Gasteiger partial charge in [0.25, 0.3) is 0 Å². The van der Waals surface area contributed by atoms with Crippen molar-refractivity contribution in [1.82, 2.24) is 0 Å². The molecule has 1 rings (SSSR count). The topological polar surface area (TPSA) is 0 Å². The van der Waals surface area contributed by atoms with E-state index in [1.807, 2.05) is 25.1 Å². The third-order valence-electron chi connectivity index (χ3n) is 2.25. The first-order valence-electron chi connectivity index (χ1n) is 4.86. The second-order valence-electron chi connectivity index (χ2n) is 3.47. The van der Waals surface area contributed by atoms with Crippen LogP contribution in [0, 0.1) is 5.92 Å². The Hall–Kier alpha value is -0.560. The molecule has 1 radical (unpaired) electrons. The first-order valence-corrected chi connectivity index (χ1v) is 5.24. The minimum atomic E-state index is -0.406. The van der Waals surface area contributed by atoms with Crippen molar-refractivity contribution in [3.8, 4) is 0 Å². The standard InChI is InChI=1S/C12H15ClF/c1-3-4-10-5-6-11(13)7-12(10)9(2)8-14/h5-7H,3-4,8H2,1-2H3. The highest BCUT2D eigenvalue weighted by Gasteiger charge is 2.10. The van der Waals surface area contributed by atoms with Crippen LogP contribution in [-0.2, 0) is 6.42 Å². The molecule has 0 N–H and O–H groups in total. The van der Waals surface area contributed by atoms with E-state index in [1.165, 1.54) is 5.56 Å². The Kier molecular flexibility index (Phi) is 4.40. The van der Waals surface area contributed by atoms with Gasteiger partial charge in [0.15, 0.2) is 0 Å². The molecule has 0 fully saturated rings. The molecule has 0 amide bonds. The largest absolute Gasteiger partial charge is 0.250 e. The summed E-state index contributed by atoms with van der Waals surface area (Å²) < 4.78 is 12.5. The summed E-state index contributed by atoms with van der Waals surface area (Å²) in [6.07, 6.45) is 2.04. The molecule has 1 aromatic carbocycles. The van der Waals surface area contributed by atoms with Gasteiger partial charge in [-0.1, -0.05) is 37.9 Å². The Balaban J connectivity index is 3.02. The smallest absolute Gasteiger partial charge is 0.0997 e. The monoisotopic (exact) mass is 213 g/mol. The number of aryl methyl sites for hydroxylation is 1. The highest BCUT2D eigenvalue weighted by Crippen LogP contribution is 2.24. The maximum Gasteiger partial charge on any atom is 0.0997 e. The molecule has 0 aliphatic heterocycles. The van der Waals surface area contributed by atoms with Gasteiger partial charge in [-0.25, -0.2) is 0 Å². The van der Waals surface area contributed by atoms with E-state index >= 15 is 0 Å². The first kappa shape index (κ1) is 11.5. The lowest BCUT2D eigenvalue weighted by molar-refractivity contribution is 0.515. The number of benzene rings is 1. The van der Waals surface area contributed by atoms with Crippen LogP contribution in [0.2, 0.25) is 5.02 Å². The van der Waals surface area contributed by atoms with Crippen LogP contribution in [0.1, 0.15) is 31.4 Å². The average Bonchev–Trinajstić information content (AvgIpc) is 2.20. The highest BCUT2D eigenvalue weighted by molar-refractivity contribution is 6.30. The van der Waals surface area contributed by atoms with Crippen molar-refractivity contribution in [3.05, 3.63) is 40.3 Å². The Labute approximate surface area is 90.1 Å². The van der Waals surface area contributed by atoms with E-state index in [0.29, 0.717) is 5.02 Å². The molecule has 0 bridgehead atoms. The van der Waals surface area contributed by atoms with Gasteiger partial charge < -0.3 is 0 Å². The molecule has 0 aromatic heterocycles. The van der Waals surface area contributed by atoms with Gasteiger partial charge in [0, 0.05) is 10.9 Å². The summed E-state index contributed by atoms with van der Waals surface area (Å²) in [7, 11) is 0. The van der Waals surface area contributed by atoms with Gasteiger partial charge in [-0.3, -0.25) is 4.39 Å². The predicted octanol–water partition coefficient (Wildman–Crippen LogP) is 4.20. The van der Waals surface area contributed by atoms with Crippen molar-refractivity contribution in [1.29, 1.82) is 0 Å². The SMILES string of the molecule is CCCc1ccc(Cl)cc1[C](C)CF. The summed E-state index contributed by atoms with van der Waals surface area (Å²) in [6, 6.07) is 5.70. The summed E-state index contributed by atoms with van der Waals surface area (Å²) in [5.74, 6) is 0.760. The number of halogens is 2. The molecule has 0 atom stereocenters. The Morgan fingerprint density at radius 3 is 2.71 bits per heavy atom. The number of hydrogen-bond acceptors (Lipinski definition) is 0.